The Morgan fingerprint density at radius 3 is 2.11 bits per heavy atom. The van der Waals surface area contributed by atoms with Crippen molar-refractivity contribution in [2.45, 2.75) is 84.5 Å². The van der Waals surface area contributed by atoms with E-state index in [0.717, 1.165) is 5.92 Å². The molecular formula is C17H35N. The summed E-state index contributed by atoms with van der Waals surface area (Å²) in [6.07, 6.45) is 15.9. The molecule has 108 valence electrons. The van der Waals surface area contributed by atoms with Crippen molar-refractivity contribution >= 4 is 0 Å². The summed E-state index contributed by atoms with van der Waals surface area (Å²) in [6.45, 7) is 8.76. The molecule has 1 rings (SSSR count). The summed E-state index contributed by atoms with van der Waals surface area (Å²) in [4.78, 5) is 2.69. The van der Waals surface area contributed by atoms with E-state index in [1.807, 2.05) is 0 Å². The number of unbranched alkanes of at least 4 members (excludes halogenated alkanes) is 4. The van der Waals surface area contributed by atoms with Gasteiger partial charge >= 0.3 is 0 Å². The van der Waals surface area contributed by atoms with Crippen LogP contribution in [0.25, 0.3) is 0 Å². The highest BCUT2D eigenvalue weighted by Crippen LogP contribution is 2.22. The van der Waals surface area contributed by atoms with Gasteiger partial charge < -0.3 is 4.90 Å². The fourth-order valence-corrected chi connectivity index (χ4v) is 3.16. The second-order valence-electron chi connectivity index (χ2n) is 6.20. The summed E-state index contributed by atoms with van der Waals surface area (Å²) in [7, 11) is 0. The maximum absolute atomic E-state index is 2.69. The number of hydrogen-bond donors (Lipinski definition) is 0. The van der Waals surface area contributed by atoms with Gasteiger partial charge in [0, 0.05) is 0 Å². The van der Waals surface area contributed by atoms with Gasteiger partial charge in [-0.05, 0) is 44.8 Å². The second kappa shape index (κ2) is 10.8. The van der Waals surface area contributed by atoms with Gasteiger partial charge in [-0.15, -0.1) is 0 Å². The first kappa shape index (κ1) is 16.0. The monoisotopic (exact) mass is 253 g/mol. The predicted octanol–water partition coefficient (Wildman–Crippen LogP) is 5.25. The molecule has 0 aromatic heterocycles. The third-order valence-electron chi connectivity index (χ3n) is 4.48. The van der Waals surface area contributed by atoms with Crippen molar-refractivity contribution in [2.24, 2.45) is 5.92 Å². The van der Waals surface area contributed by atoms with E-state index in [0.29, 0.717) is 0 Å². The van der Waals surface area contributed by atoms with E-state index in [2.05, 4.69) is 18.7 Å². The molecule has 0 amide bonds. The van der Waals surface area contributed by atoms with E-state index in [-0.39, 0.29) is 0 Å². The van der Waals surface area contributed by atoms with Crippen LogP contribution in [0.3, 0.4) is 0 Å². The van der Waals surface area contributed by atoms with Gasteiger partial charge in [0.05, 0.1) is 0 Å². The molecule has 1 atom stereocenters. The standard InChI is InChI=1S/C17H35N/c1-3-5-7-8-12-17(11-6-4-2)13-16-18-14-9-10-15-18/h17H,3-16H2,1-2H3. The molecule has 0 spiro atoms. The van der Waals surface area contributed by atoms with Gasteiger partial charge in [-0.2, -0.15) is 0 Å². The van der Waals surface area contributed by atoms with E-state index in [9.17, 15) is 0 Å². The third kappa shape index (κ3) is 7.41. The Morgan fingerprint density at radius 1 is 0.778 bits per heavy atom. The number of likely N-dealkylation sites (tertiary alicyclic amines) is 1. The zero-order chi connectivity index (χ0) is 13.1. The summed E-state index contributed by atoms with van der Waals surface area (Å²) < 4.78 is 0. The van der Waals surface area contributed by atoms with Crippen LogP contribution in [0.5, 0.6) is 0 Å². The van der Waals surface area contributed by atoms with Crippen LogP contribution in [-0.2, 0) is 0 Å². The van der Waals surface area contributed by atoms with Crippen LogP contribution in [0.1, 0.15) is 84.5 Å². The fraction of sp³-hybridized carbons (Fsp3) is 1.00. The molecule has 1 unspecified atom stereocenters. The van der Waals surface area contributed by atoms with Gasteiger partial charge in [-0.3, -0.25) is 0 Å². The van der Waals surface area contributed by atoms with Crippen molar-refractivity contribution in [3.8, 4) is 0 Å². The lowest BCUT2D eigenvalue weighted by molar-refractivity contribution is 0.282. The SMILES string of the molecule is CCCCCCC(CCCC)CCN1CCCC1. The molecule has 0 bridgehead atoms. The first-order chi connectivity index (χ1) is 8.86. The average molecular weight is 253 g/mol. The molecule has 1 heterocycles. The van der Waals surface area contributed by atoms with Gasteiger partial charge in [-0.25, -0.2) is 0 Å². The second-order valence-corrected chi connectivity index (χ2v) is 6.20. The Morgan fingerprint density at radius 2 is 1.44 bits per heavy atom. The Hall–Kier alpha value is -0.0400. The molecule has 0 radical (unpaired) electrons. The lowest BCUT2D eigenvalue weighted by Gasteiger charge is -2.21. The minimum Gasteiger partial charge on any atom is -0.303 e. The smallest absolute Gasteiger partial charge is 0.00161 e. The van der Waals surface area contributed by atoms with Crippen LogP contribution in [0.2, 0.25) is 0 Å². The number of rotatable bonds is 11. The molecule has 0 aliphatic carbocycles. The Bertz CT molecular complexity index is 172. The molecule has 18 heavy (non-hydrogen) atoms. The zero-order valence-corrected chi connectivity index (χ0v) is 12.9. The summed E-state index contributed by atoms with van der Waals surface area (Å²) in [5.74, 6) is 1.02. The Labute approximate surface area is 115 Å². The predicted molar refractivity (Wildman–Crippen MR) is 82.1 cm³/mol. The molecule has 1 fully saturated rings. The minimum absolute atomic E-state index is 1.02. The largest absolute Gasteiger partial charge is 0.303 e. The minimum atomic E-state index is 1.02. The van der Waals surface area contributed by atoms with Crippen molar-refractivity contribution < 1.29 is 0 Å². The van der Waals surface area contributed by atoms with Gasteiger partial charge in [0.15, 0.2) is 0 Å². The van der Waals surface area contributed by atoms with E-state index in [1.54, 1.807) is 0 Å². The summed E-state index contributed by atoms with van der Waals surface area (Å²) in [5, 5.41) is 0. The third-order valence-corrected chi connectivity index (χ3v) is 4.48. The number of hydrogen-bond acceptors (Lipinski definition) is 1. The van der Waals surface area contributed by atoms with E-state index >= 15 is 0 Å². The molecule has 1 aliphatic rings. The maximum Gasteiger partial charge on any atom is -0.00161 e. The zero-order valence-electron chi connectivity index (χ0n) is 12.9. The summed E-state index contributed by atoms with van der Waals surface area (Å²) in [6, 6.07) is 0. The quantitative estimate of drug-likeness (QED) is 0.455. The lowest BCUT2D eigenvalue weighted by Crippen LogP contribution is -2.22. The molecule has 1 nitrogen and oxygen atoms in total. The normalized spacial score (nSPS) is 18.3. The van der Waals surface area contributed by atoms with Crippen LogP contribution in [0, 0.1) is 5.92 Å². The van der Waals surface area contributed by atoms with Crippen LogP contribution in [0.15, 0.2) is 0 Å². The molecule has 1 heteroatoms. The molecular weight excluding hydrogens is 218 g/mol. The first-order valence-corrected chi connectivity index (χ1v) is 8.59. The highest BCUT2D eigenvalue weighted by atomic mass is 15.1. The molecule has 0 N–H and O–H groups in total. The van der Waals surface area contributed by atoms with Crippen molar-refractivity contribution in [1.82, 2.24) is 4.90 Å². The molecule has 0 aromatic rings. The summed E-state index contributed by atoms with van der Waals surface area (Å²) >= 11 is 0. The molecule has 0 saturated carbocycles. The first-order valence-electron chi connectivity index (χ1n) is 8.59. The average Bonchev–Trinajstić information content (AvgIpc) is 2.90. The van der Waals surface area contributed by atoms with Crippen molar-refractivity contribution in [3.63, 3.8) is 0 Å². The van der Waals surface area contributed by atoms with Crippen LogP contribution >= 0.6 is 0 Å². The molecule has 0 aromatic carbocycles. The van der Waals surface area contributed by atoms with Gasteiger partial charge in [0.2, 0.25) is 0 Å². The fourth-order valence-electron chi connectivity index (χ4n) is 3.16. The summed E-state index contributed by atoms with van der Waals surface area (Å²) in [5.41, 5.74) is 0. The van der Waals surface area contributed by atoms with Crippen molar-refractivity contribution in [2.75, 3.05) is 19.6 Å². The van der Waals surface area contributed by atoms with E-state index in [4.69, 9.17) is 0 Å². The van der Waals surface area contributed by atoms with E-state index < -0.39 is 0 Å². The lowest BCUT2D eigenvalue weighted by atomic mass is 9.92. The number of nitrogens with zero attached hydrogens (tertiary/aromatic N) is 1. The van der Waals surface area contributed by atoms with Crippen LogP contribution in [0.4, 0.5) is 0 Å². The molecule has 1 saturated heterocycles. The van der Waals surface area contributed by atoms with Gasteiger partial charge in [0.25, 0.3) is 0 Å². The molecule has 1 aliphatic heterocycles. The van der Waals surface area contributed by atoms with Crippen LogP contribution in [-0.4, -0.2) is 24.5 Å². The van der Waals surface area contributed by atoms with Gasteiger partial charge in [-0.1, -0.05) is 65.2 Å². The van der Waals surface area contributed by atoms with E-state index in [1.165, 1.54) is 90.3 Å². The Kier molecular flexibility index (Phi) is 9.65. The van der Waals surface area contributed by atoms with Gasteiger partial charge in [0.1, 0.15) is 0 Å². The highest BCUT2D eigenvalue weighted by Gasteiger charge is 2.14. The Balaban J connectivity index is 2.12. The van der Waals surface area contributed by atoms with Crippen molar-refractivity contribution in [1.29, 1.82) is 0 Å². The maximum atomic E-state index is 2.69. The van der Waals surface area contributed by atoms with Crippen LogP contribution < -0.4 is 0 Å². The van der Waals surface area contributed by atoms with Crippen molar-refractivity contribution in [3.05, 3.63) is 0 Å². The topological polar surface area (TPSA) is 3.24 Å². The highest BCUT2D eigenvalue weighted by molar-refractivity contribution is 4.69.